The Hall–Kier alpha value is -1.65. The second-order valence-corrected chi connectivity index (χ2v) is 8.32. The molecule has 0 saturated carbocycles. The zero-order chi connectivity index (χ0) is 19.6. The molecule has 1 N–H and O–H groups in total. The predicted molar refractivity (Wildman–Crippen MR) is 117 cm³/mol. The lowest BCUT2D eigenvalue weighted by atomic mass is 9.92. The molecule has 2 aliphatic rings. The average Bonchev–Trinajstić information content (AvgIpc) is 3.20. The molecule has 0 aromatic heterocycles. The summed E-state index contributed by atoms with van der Waals surface area (Å²) >= 11 is 0. The summed E-state index contributed by atoms with van der Waals surface area (Å²) < 4.78 is 0. The van der Waals surface area contributed by atoms with Gasteiger partial charge in [-0.15, -0.1) is 0 Å². The third kappa shape index (κ3) is 6.75. The van der Waals surface area contributed by atoms with Crippen molar-refractivity contribution < 1.29 is 4.79 Å². The van der Waals surface area contributed by atoms with Crippen LogP contribution in [-0.2, 0) is 4.79 Å². The van der Waals surface area contributed by atoms with Crippen LogP contribution < -0.4 is 5.32 Å². The van der Waals surface area contributed by atoms with Gasteiger partial charge in [0.05, 0.1) is 0 Å². The number of carbonyl (C=O) groups excluding carboxylic acids is 1. The van der Waals surface area contributed by atoms with Crippen LogP contribution in [0.1, 0.15) is 51.0 Å². The summed E-state index contributed by atoms with van der Waals surface area (Å²) in [6.45, 7) is 8.66. The number of rotatable bonds is 9. The highest BCUT2D eigenvalue weighted by molar-refractivity contribution is 5.75. The van der Waals surface area contributed by atoms with Gasteiger partial charge >= 0.3 is 0 Å². The summed E-state index contributed by atoms with van der Waals surface area (Å²) in [6, 6.07) is 11.0. The van der Waals surface area contributed by atoms with Gasteiger partial charge < -0.3 is 5.32 Å². The Balaban J connectivity index is 1.27. The molecule has 1 aromatic carbocycles. The molecule has 2 fully saturated rings. The first-order valence-corrected chi connectivity index (χ1v) is 11.2. The predicted octanol–water partition coefficient (Wildman–Crippen LogP) is 3.79. The van der Waals surface area contributed by atoms with E-state index in [0.29, 0.717) is 18.4 Å². The minimum atomic E-state index is 0.246. The Morgan fingerprint density at radius 1 is 1.14 bits per heavy atom. The molecule has 0 bridgehead atoms. The molecular weight excluding hydrogens is 346 g/mol. The SMILES string of the molecule is CCN1CCC[C@H]1CNC(=O)CCC1CCN(C/C=C/c2ccccc2)CC1. The lowest BCUT2D eigenvalue weighted by Crippen LogP contribution is -2.40. The van der Waals surface area contributed by atoms with Crippen LogP contribution in [0.3, 0.4) is 0 Å². The van der Waals surface area contributed by atoms with Gasteiger partial charge in [-0.05, 0) is 69.8 Å². The van der Waals surface area contributed by atoms with Crippen molar-refractivity contribution in [3.05, 3.63) is 42.0 Å². The van der Waals surface area contributed by atoms with Crippen LogP contribution in [0, 0.1) is 5.92 Å². The van der Waals surface area contributed by atoms with Crippen molar-refractivity contribution in [3.63, 3.8) is 0 Å². The van der Waals surface area contributed by atoms with E-state index in [0.717, 1.165) is 39.1 Å². The smallest absolute Gasteiger partial charge is 0.220 e. The van der Waals surface area contributed by atoms with Gasteiger partial charge in [-0.1, -0.05) is 49.4 Å². The Labute approximate surface area is 171 Å². The van der Waals surface area contributed by atoms with E-state index < -0.39 is 0 Å². The second kappa shape index (κ2) is 11.4. The molecule has 0 radical (unpaired) electrons. The summed E-state index contributed by atoms with van der Waals surface area (Å²) in [5.41, 5.74) is 1.27. The van der Waals surface area contributed by atoms with Gasteiger partial charge in [0.2, 0.25) is 5.91 Å². The molecule has 2 heterocycles. The van der Waals surface area contributed by atoms with Crippen LogP contribution in [0.2, 0.25) is 0 Å². The van der Waals surface area contributed by atoms with Gasteiger partial charge in [0.15, 0.2) is 0 Å². The number of benzene rings is 1. The van der Waals surface area contributed by atoms with Crippen molar-refractivity contribution in [1.82, 2.24) is 15.1 Å². The molecule has 3 rings (SSSR count). The molecule has 154 valence electrons. The second-order valence-electron chi connectivity index (χ2n) is 8.32. The summed E-state index contributed by atoms with van der Waals surface area (Å²) in [5, 5.41) is 3.18. The highest BCUT2D eigenvalue weighted by Crippen LogP contribution is 2.22. The minimum absolute atomic E-state index is 0.246. The van der Waals surface area contributed by atoms with E-state index in [2.05, 4.69) is 64.5 Å². The molecule has 0 unspecified atom stereocenters. The molecule has 1 amide bonds. The number of piperidine rings is 1. The third-order valence-corrected chi connectivity index (χ3v) is 6.40. The monoisotopic (exact) mass is 383 g/mol. The number of hydrogen-bond donors (Lipinski definition) is 1. The fraction of sp³-hybridized carbons (Fsp3) is 0.625. The summed E-state index contributed by atoms with van der Waals surface area (Å²) in [4.78, 5) is 17.2. The number of nitrogens with one attached hydrogen (secondary N) is 1. The quantitative estimate of drug-likeness (QED) is 0.705. The maximum Gasteiger partial charge on any atom is 0.220 e. The number of nitrogens with zero attached hydrogens (tertiary/aromatic N) is 2. The Morgan fingerprint density at radius 2 is 1.93 bits per heavy atom. The zero-order valence-corrected chi connectivity index (χ0v) is 17.5. The molecule has 2 saturated heterocycles. The number of carbonyl (C=O) groups is 1. The van der Waals surface area contributed by atoms with Crippen molar-refractivity contribution in [3.8, 4) is 0 Å². The van der Waals surface area contributed by atoms with Crippen LogP contribution in [-0.4, -0.2) is 61.0 Å². The average molecular weight is 384 g/mol. The number of likely N-dealkylation sites (N-methyl/N-ethyl adjacent to an activating group) is 1. The highest BCUT2D eigenvalue weighted by atomic mass is 16.1. The first kappa shape index (κ1) is 21.1. The normalized spacial score (nSPS) is 22.1. The minimum Gasteiger partial charge on any atom is -0.355 e. The molecule has 0 aliphatic carbocycles. The van der Waals surface area contributed by atoms with Gasteiger partial charge in [0, 0.05) is 25.6 Å². The number of hydrogen-bond acceptors (Lipinski definition) is 3. The number of likely N-dealkylation sites (tertiary alicyclic amines) is 2. The van der Waals surface area contributed by atoms with Crippen LogP contribution in [0.25, 0.3) is 6.08 Å². The molecular formula is C24H37N3O. The summed E-state index contributed by atoms with van der Waals surface area (Å²) in [5.74, 6) is 0.954. The van der Waals surface area contributed by atoms with Crippen molar-refractivity contribution in [1.29, 1.82) is 0 Å². The van der Waals surface area contributed by atoms with Crippen molar-refractivity contribution in [2.24, 2.45) is 5.92 Å². The van der Waals surface area contributed by atoms with Crippen molar-refractivity contribution >= 4 is 12.0 Å². The fourth-order valence-electron chi connectivity index (χ4n) is 4.56. The summed E-state index contributed by atoms with van der Waals surface area (Å²) in [6.07, 6.45) is 11.2. The van der Waals surface area contributed by atoms with E-state index in [1.54, 1.807) is 0 Å². The van der Waals surface area contributed by atoms with E-state index in [1.165, 1.54) is 37.8 Å². The molecule has 4 nitrogen and oxygen atoms in total. The van der Waals surface area contributed by atoms with Gasteiger partial charge in [-0.25, -0.2) is 0 Å². The Kier molecular flexibility index (Phi) is 8.56. The van der Waals surface area contributed by atoms with E-state index in [4.69, 9.17) is 0 Å². The van der Waals surface area contributed by atoms with Crippen LogP contribution in [0.15, 0.2) is 36.4 Å². The Morgan fingerprint density at radius 3 is 2.68 bits per heavy atom. The maximum atomic E-state index is 12.2. The van der Waals surface area contributed by atoms with Gasteiger partial charge in [-0.3, -0.25) is 14.6 Å². The van der Waals surface area contributed by atoms with Crippen LogP contribution >= 0.6 is 0 Å². The first-order chi connectivity index (χ1) is 13.7. The van der Waals surface area contributed by atoms with Crippen molar-refractivity contribution in [2.75, 3.05) is 39.3 Å². The van der Waals surface area contributed by atoms with E-state index in [9.17, 15) is 4.79 Å². The van der Waals surface area contributed by atoms with E-state index >= 15 is 0 Å². The molecule has 4 heteroatoms. The molecule has 1 aromatic rings. The summed E-state index contributed by atoms with van der Waals surface area (Å²) in [7, 11) is 0. The zero-order valence-electron chi connectivity index (χ0n) is 17.5. The largest absolute Gasteiger partial charge is 0.355 e. The topological polar surface area (TPSA) is 35.6 Å². The number of amides is 1. The van der Waals surface area contributed by atoms with Crippen LogP contribution in [0.4, 0.5) is 0 Å². The lowest BCUT2D eigenvalue weighted by Gasteiger charge is -2.31. The molecule has 28 heavy (non-hydrogen) atoms. The third-order valence-electron chi connectivity index (χ3n) is 6.40. The Bertz CT molecular complexity index is 608. The highest BCUT2D eigenvalue weighted by Gasteiger charge is 2.23. The lowest BCUT2D eigenvalue weighted by molar-refractivity contribution is -0.121. The van der Waals surface area contributed by atoms with Crippen molar-refractivity contribution in [2.45, 2.75) is 51.5 Å². The van der Waals surface area contributed by atoms with E-state index in [-0.39, 0.29) is 5.91 Å². The first-order valence-electron chi connectivity index (χ1n) is 11.2. The molecule has 1 atom stereocenters. The standard InChI is InChI=1S/C24H37N3O/c1-2-27-17-7-11-23(27)20-25-24(28)13-12-22-14-18-26(19-15-22)16-6-10-21-8-4-3-5-9-21/h3-6,8-10,22-23H,2,7,11-20H2,1H3,(H,25,28)/b10-6+/t23-/m0/s1. The maximum absolute atomic E-state index is 12.2. The van der Waals surface area contributed by atoms with Gasteiger partial charge in [-0.2, -0.15) is 0 Å². The van der Waals surface area contributed by atoms with Crippen LogP contribution in [0.5, 0.6) is 0 Å². The molecule has 0 spiro atoms. The molecule has 2 aliphatic heterocycles. The van der Waals surface area contributed by atoms with Gasteiger partial charge in [0.25, 0.3) is 0 Å². The van der Waals surface area contributed by atoms with Gasteiger partial charge in [0.1, 0.15) is 0 Å². The van der Waals surface area contributed by atoms with E-state index in [1.807, 2.05) is 0 Å². The fourth-order valence-corrected chi connectivity index (χ4v) is 4.56.